The SMILES string of the molecule is COc1ccc(OC(=O)C2CCN(C(=O)c3cccs3)CC2)cc1. The van der Waals surface area contributed by atoms with Crippen LogP contribution in [-0.2, 0) is 4.79 Å². The van der Waals surface area contributed by atoms with E-state index < -0.39 is 0 Å². The molecule has 6 heteroatoms. The summed E-state index contributed by atoms with van der Waals surface area (Å²) in [6, 6.07) is 10.6. The second-order valence-electron chi connectivity index (χ2n) is 5.64. The number of amides is 1. The average molecular weight is 345 g/mol. The van der Waals surface area contributed by atoms with Gasteiger partial charge < -0.3 is 14.4 Å². The Balaban J connectivity index is 1.52. The summed E-state index contributed by atoms with van der Waals surface area (Å²) in [5.74, 6) is 0.878. The smallest absolute Gasteiger partial charge is 0.314 e. The minimum absolute atomic E-state index is 0.0481. The molecule has 0 spiro atoms. The topological polar surface area (TPSA) is 55.8 Å². The first-order valence-electron chi connectivity index (χ1n) is 7.86. The minimum atomic E-state index is -0.233. The van der Waals surface area contributed by atoms with Gasteiger partial charge in [-0.3, -0.25) is 9.59 Å². The summed E-state index contributed by atoms with van der Waals surface area (Å²) in [5, 5.41) is 1.90. The van der Waals surface area contributed by atoms with E-state index in [2.05, 4.69) is 0 Å². The Morgan fingerprint density at radius 1 is 1.08 bits per heavy atom. The molecule has 1 aromatic heterocycles. The fraction of sp³-hybridized carbons (Fsp3) is 0.333. The monoisotopic (exact) mass is 345 g/mol. The van der Waals surface area contributed by atoms with Crippen LogP contribution in [0.15, 0.2) is 41.8 Å². The van der Waals surface area contributed by atoms with Crippen LogP contribution in [0.25, 0.3) is 0 Å². The number of esters is 1. The molecule has 1 aromatic carbocycles. The Hall–Kier alpha value is -2.34. The molecule has 0 bridgehead atoms. The summed E-state index contributed by atoms with van der Waals surface area (Å²) in [5.41, 5.74) is 0. The summed E-state index contributed by atoms with van der Waals surface area (Å²) in [6.07, 6.45) is 1.26. The maximum atomic E-state index is 12.3. The number of ether oxygens (including phenoxy) is 2. The van der Waals surface area contributed by atoms with E-state index in [-0.39, 0.29) is 17.8 Å². The van der Waals surface area contributed by atoms with E-state index in [1.54, 1.807) is 31.4 Å². The largest absolute Gasteiger partial charge is 0.497 e. The van der Waals surface area contributed by atoms with Crippen molar-refractivity contribution in [3.63, 3.8) is 0 Å². The van der Waals surface area contributed by atoms with Crippen LogP contribution in [0.3, 0.4) is 0 Å². The first-order valence-corrected chi connectivity index (χ1v) is 8.74. The summed E-state index contributed by atoms with van der Waals surface area (Å²) in [6.45, 7) is 1.16. The van der Waals surface area contributed by atoms with E-state index in [0.29, 0.717) is 31.7 Å². The highest BCUT2D eigenvalue weighted by molar-refractivity contribution is 7.12. The van der Waals surface area contributed by atoms with Crippen molar-refractivity contribution in [2.45, 2.75) is 12.8 Å². The van der Waals surface area contributed by atoms with E-state index in [9.17, 15) is 9.59 Å². The number of nitrogens with zero attached hydrogens (tertiary/aromatic N) is 1. The maximum Gasteiger partial charge on any atom is 0.314 e. The number of thiophene rings is 1. The molecule has 1 fully saturated rings. The molecule has 126 valence electrons. The molecular weight excluding hydrogens is 326 g/mol. The van der Waals surface area contributed by atoms with Gasteiger partial charge in [0.2, 0.25) is 0 Å². The highest BCUT2D eigenvalue weighted by Gasteiger charge is 2.29. The molecule has 0 atom stereocenters. The first kappa shape index (κ1) is 16.5. The van der Waals surface area contributed by atoms with Crippen molar-refractivity contribution in [2.75, 3.05) is 20.2 Å². The van der Waals surface area contributed by atoms with Gasteiger partial charge in [-0.1, -0.05) is 6.07 Å². The number of piperidine rings is 1. The quantitative estimate of drug-likeness (QED) is 0.631. The van der Waals surface area contributed by atoms with Gasteiger partial charge in [0.25, 0.3) is 5.91 Å². The van der Waals surface area contributed by atoms with Gasteiger partial charge in [0.1, 0.15) is 11.5 Å². The zero-order valence-electron chi connectivity index (χ0n) is 13.4. The maximum absolute atomic E-state index is 12.3. The van der Waals surface area contributed by atoms with E-state index in [0.717, 1.165) is 10.6 Å². The fourth-order valence-corrected chi connectivity index (χ4v) is 3.41. The van der Waals surface area contributed by atoms with Crippen LogP contribution in [0.1, 0.15) is 22.5 Å². The van der Waals surface area contributed by atoms with Crippen molar-refractivity contribution in [2.24, 2.45) is 5.92 Å². The highest BCUT2D eigenvalue weighted by Crippen LogP contribution is 2.24. The molecule has 3 rings (SSSR count). The Morgan fingerprint density at radius 2 is 1.75 bits per heavy atom. The number of hydrogen-bond donors (Lipinski definition) is 0. The minimum Gasteiger partial charge on any atom is -0.497 e. The normalized spacial score (nSPS) is 15.1. The first-order chi connectivity index (χ1) is 11.7. The van der Waals surface area contributed by atoms with E-state index in [4.69, 9.17) is 9.47 Å². The number of benzene rings is 1. The van der Waals surface area contributed by atoms with Crippen LogP contribution in [0, 0.1) is 5.92 Å². The van der Waals surface area contributed by atoms with Crippen LogP contribution in [0.2, 0.25) is 0 Å². The predicted octanol–water partition coefficient (Wildman–Crippen LogP) is 3.21. The van der Waals surface area contributed by atoms with Crippen LogP contribution >= 0.6 is 11.3 Å². The number of hydrogen-bond acceptors (Lipinski definition) is 5. The third kappa shape index (κ3) is 3.76. The molecule has 1 aliphatic heterocycles. The van der Waals surface area contributed by atoms with Gasteiger partial charge in [-0.15, -0.1) is 11.3 Å². The van der Waals surface area contributed by atoms with Crippen LogP contribution in [0.5, 0.6) is 11.5 Å². The summed E-state index contributed by atoms with van der Waals surface area (Å²) < 4.78 is 10.5. The molecule has 0 N–H and O–H groups in total. The predicted molar refractivity (Wildman–Crippen MR) is 91.6 cm³/mol. The number of rotatable bonds is 4. The second-order valence-corrected chi connectivity index (χ2v) is 6.59. The third-order valence-corrected chi connectivity index (χ3v) is 4.98. The molecule has 0 radical (unpaired) electrons. The van der Waals surface area contributed by atoms with Crippen molar-refractivity contribution in [3.05, 3.63) is 46.7 Å². The summed E-state index contributed by atoms with van der Waals surface area (Å²) in [4.78, 5) is 27.1. The average Bonchev–Trinajstić information content (AvgIpc) is 3.16. The molecule has 2 aromatic rings. The molecule has 1 amide bonds. The molecule has 2 heterocycles. The Morgan fingerprint density at radius 3 is 2.33 bits per heavy atom. The number of carbonyl (C=O) groups excluding carboxylic acids is 2. The van der Waals surface area contributed by atoms with Crippen molar-refractivity contribution < 1.29 is 19.1 Å². The van der Waals surface area contributed by atoms with Crippen LogP contribution in [-0.4, -0.2) is 37.0 Å². The summed E-state index contributed by atoms with van der Waals surface area (Å²) >= 11 is 1.44. The van der Waals surface area contributed by atoms with Gasteiger partial charge in [-0.05, 0) is 48.6 Å². The fourth-order valence-electron chi connectivity index (χ4n) is 2.72. The van der Waals surface area contributed by atoms with Gasteiger partial charge in [-0.2, -0.15) is 0 Å². The van der Waals surface area contributed by atoms with Crippen molar-refractivity contribution in [1.82, 2.24) is 4.90 Å². The molecule has 0 unspecified atom stereocenters. The van der Waals surface area contributed by atoms with Crippen molar-refractivity contribution in [3.8, 4) is 11.5 Å². The van der Waals surface area contributed by atoms with E-state index >= 15 is 0 Å². The molecule has 0 saturated carbocycles. The number of likely N-dealkylation sites (tertiary alicyclic amines) is 1. The van der Waals surface area contributed by atoms with E-state index in [1.165, 1.54) is 11.3 Å². The Labute approximate surface area is 144 Å². The lowest BCUT2D eigenvalue weighted by Crippen LogP contribution is -2.40. The molecule has 1 aliphatic rings. The van der Waals surface area contributed by atoms with Crippen LogP contribution in [0.4, 0.5) is 0 Å². The lowest BCUT2D eigenvalue weighted by Gasteiger charge is -2.30. The van der Waals surface area contributed by atoms with Gasteiger partial charge in [0.15, 0.2) is 0 Å². The second kappa shape index (κ2) is 7.49. The third-order valence-electron chi connectivity index (χ3n) is 4.13. The van der Waals surface area contributed by atoms with Crippen molar-refractivity contribution >= 4 is 23.2 Å². The molecule has 0 aliphatic carbocycles. The zero-order valence-corrected chi connectivity index (χ0v) is 14.3. The number of methoxy groups -OCH3 is 1. The standard InChI is InChI=1S/C18H19NO4S/c1-22-14-4-6-15(7-5-14)23-18(21)13-8-10-19(11-9-13)17(20)16-3-2-12-24-16/h2-7,12-13H,8-11H2,1H3. The van der Waals surface area contributed by atoms with Gasteiger partial charge >= 0.3 is 5.97 Å². The van der Waals surface area contributed by atoms with Gasteiger partial charge in [0.05, 0.1) is 17.9 Å². The lowest BCUT2D eigenvalue weighted by atomic mass is 9.97. The number of carbonyl (C=O) groups is 2. The van der Waals surface area contributed by atoms with E-state index in [1.807, 2.05) is 22.4 Å². The molecule has 5 nitrogen and oxygen atoms in total. The zero-order chi connectivity index (χ0) is 16.9. The van der Waals surface area contributed by atoms with Crippen LogP contribution < -0.4 is 9.47 Å². The highest BCUT2D eigenvalue weighted by atomic mass is 32.1. The molecule has 1 saturated heterocycles. The summed E-state index contributed by atoms with van der Waals surface area (Å²) in [7, 11) is 1.59. The Kier molecular flexibility index (Phi) is 5.15. The van der Waals surface area contributed by atoms with Gasteiger partial charge in [0, 0.05) is 13.1 Å². The molecular formula is C18H19NO4S. The molecule has 24 heavy (non-hydrogen) atoms. The van der Waals surface area contributed by atoms with Gasteiger partial charge in [-0.25, -0.2) is 0 Å². The van der Waals surface area contributed by atoms with Crippen molar-refractivity contribution in [1.29, 1.82) is 0 Å². The Bertz CT molecular complexity index is 688. The lowest BCUT2D eigenvalue weighted by molar-refractivity contribution is -0.140.